The van der Waals surface area contributed by atoms with Gasteiger partial charge in [-0.05, 0) is 50.4 Å². The molecule has 1 saturated carbocycles. The van der Waals surface area contributed by atoms with Gasteiger partial charge in [0.25, 0.3) is 0 Å². The Kier molecular flexibility index (Phi) is 3.89. The summed E-state index contributed by atoms with van der Waals surface area (Å²) in [5.74, 6) is 0.248. The summed E-state index contributed by atoms with van der Waals surface area (Å²) in [5.41, 5.74) is 3.93. The minimum Gasteiger partial charge on any atom is -0.362 e. The Morgan fingerprint density at radius 1 is 1.48 bits per heavy atom. The van der Waals surface area contributed by atoms with Crippen LogP contribution in [0.2, 0.25) is 0 Å². The highest BCUT2D eigenvalue weighted by atomic mass is 16.2. The van der Waals surface area contributed by atoms with Crippen LogP contribution in [0.5, 0.6) is 0 Å². The van der Waals surface area contributed by atoms with Gasteiger partial charge in [0.2, 0.25) is 5.91 Å². The van der Waals surface area contributed by atoms with Gasteiger partial charge in [-0.1, -0.05) is 12.1 Å². The van der Waals surface area contributed by atoms with E-state index in [-0.39, 0.29) is 5.91 Å². The normalized spacial score (nSPS) is 18.5. The molecule has 1 aliphatic carbocycles. The Balaban J connectivity index is 1.70. The van der Waals surface area contributed by atoms with Gasteiger partial charge in [0.05, 0.1) is 6.54 Å². The Bertz CT molecular complexity index is 539. The molecular formula is C17H25N3O. The van der Waals surface area contributed by atoms with Crippen LogP contribution in [0.4, 0.5) is 5.69 Å². The highest BCUT2D eigenvalue weighted by molar-refractivity contribution is 5.82. The predicted octanol–water partition coefficient (Wildman–Crippen LogP) is 1.95. The SMILES string of the molecule is CNC(C)c1ccc2c(c1)CCN2CC(=O)N(C)C1CC1. The molecule has 1 unspecified atom stereocenters. The Morgan fingerprint density at radius 2 is 2.24 bits per heavy atom. The maximum absolute atomic E-state index is 12.3. The molecule has 0 aromatic heterocycles. The van der Waals surface area contributed by atoms with Gasteiger partial charge >= 0.3 is 0 Å². The van der Waals surface area contributed by atoms with Crippen molar-refractivity contribution in [3.05, 3.63) is 29.3 Å². The lowest BCUT2D eigenvalue weighted by Gasteiger charge is -2.23. The first-order valence-electron chi connectivity index (χ1n) is 7.91. The molecule has 1 aromatic rings. The van der Waals surface area contributed by atoms with E-state index < -0.39 is 0 Å². The van der Waals surface area contributed by atoms with Crippen LogP contribution in [-0.4, -0.2) is 44.0 Å². The number of fused-ring (bicyclic) bond motifs is 1. The first kappa shape index (κ1) is 14.4. The Labute approximate surface area is 127 Å². The molecule has 1 atom stereocenters. The van der Waals surface area contributed by atoms with Crippen LogP contribution < -0.4 is 10.2 Å². The standard InChI is InChI=1S/C17H25N3O/c1-12(18-2)13-4-7-16-14(10-13)8-9-20(16)11-17(21)19(3)15-5-6-15/h4,7,10,12,15,18H,5-6,8-9,11H2,1-3H3. The van der Waals surface area contributed by atoms with Crippen molar-refractivity contribution in [1.82, 2.24) is 10.2 Å². The van der Waals surface area contributed by atoms with Crippen molar-refractivity contribution in [3.8, 4) is 0 Å². The zero-order chi connectivity index (χ0) is 15.0. The number of amides is 1. The average molecular weight is 287 g/mol. The molecule has 4 nitrogen and oxygen atoms in total. The molecule has 2 aliphatic rings. The van der Waals surface area contributed by atoms with Crippen LogP contribution in [0.25, 0.3) is 0 Å². The Morgan fingerprint density at radius 3 is 2.90 bits per heavy atom. The average Bonchev–Trinajstić information content (AvgIpc) is 3.28. The van der Waals surface area contributed by atoms with Crippen LogP contribution in [0.1, 0.15) is 36.9 Å². The number of anilines is 1. The van der Waals surface area contributed by atoms with Gasteiger partial charge in [-0.15, -0.1) is 0 Å². The van der Waals surface area contributed by atoms with Crippen LogP contribution in [0.15, 0.2) is 18.2 Å². The van der Waals surface area contributed by atoms with Crippen molar-refractivity contribution in [1.29, 1.82) is 0 Å². The second-order valence-electron chi connectivity index (χ2n) is 6.31. The lowest BCUT2D eigenvalue weighted by atomic mass is 10.0. The minimum absolute atomic E-state index is 0.248. The van der Waals surface area contributed by atoms with Crippen molar-refractivity contribution < 1.29 is 4.79 Å². The van der Waals surface area contributed by atoms with E-state index in [0.29, 0.717) is 18.6 Å². The number of likely N-dealkylation sites (N-methyl/N-ethyl adjacent to an activating group) is 1. The molecule has 1 heterocycles. The highest BCUT2D eigenvalue weighted by Gasteiger charge is 2.31. The number of hydrogen-bond acceptors (Lipinski definition) is 3. The van der Waals surface area contributed by atoms with Gasteiger partial charge in [-0.3, -0.25) is 4.79 Å². The zero-order valence-corrected chi connectivity index (χ0v) is 13.2. The van der Waals surface area contributed by atoms with Crippen molar-refractivity contribution in [2.24, 2.45) is 0 Å². The number of carbonyl (C=O) groups is 1. The first-order chi connectivity index (χ1) is 10.1. The lowest BCUT2D eigenvalue weighted by Crippen LogP contribution is -2.38. The molecule has 0 saturated heterocycles. The van der Waals surface area contributed by atoms with E-state index in [1.165, 1.54) is 29.7 Å². The van der Waals surface area contributed by atoms with Gasteiger partial charge in [-0.2, -0.15) is 0 Å². The maximum Gasteiger partial charge on any atom is 0.242 e. The van der Waals surface area contributed by atoms with Crippen molar-refractivity contribution in [2.75, 3.05) is 32.1 Å². The number of hydrogen-bond donors (Lipinski definition) is 1. The molecule has 1 fully saturated rings. The monoisotopic (exact) mass is 287 g/mol. The third-order valence-electron chi connectivity index (χ3n) is 4.84. The van der Waals surface area contributed by atoms with Crippen LogP contribution >= 0.6 is 0 Å². The lowest BCUT2D eigenvalue weighted by molar-refractivity contribution is -0.128. The fraction of sp³-hybridized carbons (Fsp3) is 0.588. The smallest absolute Gasteiger partial charge is 0.242 e. The zero-order valence-electron chi connectivity index (χ0n) is 13.2. The van der Waals surface area contributed by atoms with Crippen LogP contribution in [0.3, 0.4) is 0 Å². The van der Waals surface area contributed by atoms with Crippen LogP contribution in [0, 0.1) is 0 Å². The van der Waals surface area contributed by atoms with E-state index in [1.54, 1.807) is 0 Å². The first-order valence-corrected chi connectivity index (χ1v) is 7.91. The number of nitrogens with zero attached hydrogens (tertiary/aromatic N) is 2. The van der Waals surface area contributed by atoms with E-state index in [4.69, 9.17) is 0 Å². The summed E-state index contributed by atoms with van der Waals surface area (Å²) in [6, 6.07) is 7.50. The molecule has 0 bridgehead atoms. The van der Waals surface area contributed by atoms with E-state index >= 15 is 0 Å². The third kappa shape index (κ3) is 2.91. The molecule has 3 rings (SSSR count). The largest absolute Gasteiger partial charge is 0.362 e. The predicted molar refractivity (Wildman–Crippen MR) is 85.6 cm³/mol. The molecule has 114 valence electrons. The number of benzene rings is 1. The summed E-state index contributed by atoms with van der Waals surface area (Å²) in [7, 11) is 3.92. The molecule has 0 radical (unpaired) electrons. The van der Waals surface area contributed by atoms with Crippen molar-refractivity contribution >= 4 is 11.6 Å². The highest BCUT2D eigenvalue weighted by Crippen LogP contribution is 2.31. The number of nitrogens with one attached hydrogen (secondary N) is 1. The second kappa shape index (κ2) is 5.68. The fourth-order valence-corrected chi connectivity index (χ4v) is 3.03. The molecule has 1 aromatic carbocycles. The van der Waals surface area contributed by atoms with Crippen molar-refractivity contribution in [3.63, 3.8) is 0 Å². The van der Waals surface area contributed by atoms with E-state index in [0.717, 1.165) is 13.0 Å². The van der Waals surface area contributed by atoms with Gasteiger partial charge in [0, 0.05) is 31.4 Å². The maximum atomic E-state index is 12.3. The van der Waals surface area contributed by atoms with Gasteiger partial charge in [-0.25, -0.2) is 0 Å². The number of rotatable bonds is 5. The summed E-state index contributed by atoms with van der Waals surface area (Å²) in [6.45, 7) is 3.64. The summed E-state index contributed by atoms with van der Waals surface area (Å²) in [6.07, 6.45) is 3.38. The second-order valence-corrected chi connectivity index (χ2v) is 6.31. The van der Waals surface area contributed by atoms with Gasteiger partial charge < -0.3 is 15.1 Å². The molecule has 0 spiro atoms. The van der Waals surface area contributed by atoms with E-state index in [9.17, 15) is 4.79 Å². The molecular weight excluding hydrogens is 262 g/mol. The van der Waals surface area contributed by atoms with E-state index in [1.807, 2.05) is 19.0 Å². The summed E-state index contributed by atoms with van der Waals surface area (Å²) in [5, 5.41) is 3.28. The van der Waals surface area contributed by atoms with E-state index in [2.05, 4.69) is 35.3 Å². The molecule has 21 heavy (non-hydrogen) atoms. The van der Waals surface area contributed by atoms with Gasteiger partial charge in [0.1, 0.15) is 0 Å². The summed E-state index contributed by atoms with van der Waals surface area (Å²) in [4.78, 5) is 16.4. The Hall–Kier alpha value is -1.55. The molecule has 4 heteroatoms. The molecule has 1 amide bonds. The van der Waals surface area contributed by atoms with Crippen LogP contribution in [-0.2, 0) is 11.2 Å². The molecule has 1 N–H and O–H groups in total. The summed E-state index contributed by atoms with van der Waals surface area (Å²) < 4.78 is 0. The fourth-order valence-electron chi connectivity index (χ4n) is 3.03. The summed E-state index contributed by atoms with van der Waals surface area (Å²) >= 11 is 0. The minimum atomic E-state index is 0.248. The number of carbonyl (C=O) groups excluding carboxylic acids is 1. The van der Waals surface area contributed by atoms with Crippen molar-refractivity contribution in [2.45, 2.75) is 38.3 Å². The van der Waals surface area contributed by atoms with Gasteiger partial charge in [0.15, 0.2) is 0 Å². The molecule has 1 aliphatic heterocycles. The third-order valence-corrected chi connectivity index (χ3v) is 4.84. The quantitative estimate of drug-likeness (QED) is 0.899. The topological polar surface area (TPSA) is 35.6 Å².